The number of carbonyl (C=O) groups is 2. The Bertz CT molecular complexity index is 2170. The van der Waals surface area contributed by atoms with Gasteiger partial charge in [0.2, 0.25) is 0 Å². The summed E-state index contributed by atoms with van der Waals surface area (Å²) in [5.74, 6) is -1.46. The number of benzene rings is 4. The highest BCUT2D eigenvalue weighted by molar-refractivity contribution is 5.96. The van der Waals surface area contributed by atoms with Crippen molar-refractivity contribution in [2.75, 3.05) is 17.2 Å². The topological polar surface area (TPSA) is 226 Å². The van der Waals surface area contributed by atoms with Gasteiger partial charge in [0.15, 0.2) is 11.2 Å². The number of carboxylic acids is 1. The second-order valence-corrected chi connectivity index (χ2v) is 9.90. The predicted octanol–water partition coefficient (Wildman–Crippen LogP) is 7.40. The molecular weight excluding hydrogens is 628 g/mol. The summed E-state index contributed by atoms with van der Waals surface area (Å²) in [6, 6.07) is 20.0. The lowest BCUT2D eigenvalue weighted by Crippen LogP contribution is -2.03. The van der Waals surface area contributed by atoms with Gasteiger partial charge in [-0.25, -0.2) is 9.59 Å². The Labute approximate surface area is 270 Å². The summed E-state index contributed by atoms with van der Waals surface area (Å²) in [6.45, 7) is 3.85. The van der Waals surface area contributed by atoms with Gasteiger partial charge in [-0.15, -0.1) is 0 Å². The van der Waals surface area contributed by atoms with Crippen LogP contribution in [0.15, 0.2) is 87.7 Å². The minimum atomic E-state index is -1.02. The van der Waals surface area contributed by atoms with Crippen molar-refractivity contribution in [3.8, 4) is 0 Å². The number of oxazole rings is 2. The van der Waals surface area contributed by atoms with E-state index in [4.69, 9.17) is 13.6 Å². The highest BCUT2D eigenvalue weighted by Crippen LogP contribution is 2.29. The third-order valence-electron chi connectivity index (χ3n) is 6.76. The first-order valence-corrected chi connectivity index (χ1v) is 14.3. The summed E-state index contributed by atoms with van der Waals surface area (Å²) in [5.41, 5.74) is 3.84. The first-order valence-electron chi connectivity index (χ1n) is 14.3. The Kier molecular flexibility index (Phi) is 9.54. The highest BCUT2D eigenvalue weighted by atomic mass is 16.6. The Morgan fingerprint density at radius 2 is 1.40 bits per heavy atom. The summed E-state index contributed by atoms with van der Waals surface area (Å²) in [4.78, 5) is 52.2. The fourth-order valence-electron chi connectivity index (χ4n) is 4.62. The van der Waals surface area contributed by atoms with Crippen LogP contribution in [-0.2, 0) is 11.2 Å². The zero-order valence-electron chi connectivity index (χ0n) is 25.3. The molecule has 0 saturated carbocycles. The number of aryl methyl sites for hydroxylation is 1. The fourth-order valence-corrected chi connectivity index (χ4v) is 4.62. The number of nitrogens with zero attached hydrogens (tertiary/aromatic N) is 4. The smallest absolute Gasteiger partial charge is 0.338 e. The lowest BCUT2D eigenvalue weighted by molar-refractivity contribution is -0.385. The molecule has 0 spiro atoms. The van der Waals surface area contributed by atoms with Crippen LogP contribution in [0.25, 0.3) is 22.2 Å². The van der Waals surface area contributed by atoms with Gasteiger partial charge in [-0.1, -0.05) is 19.1 Å². The summed E-state index contributed by atoms with van der Waals surface area (Å²) in [7, 11) is 0. The minimum Gasteiger partial charge on any atom is -0.478 e. The summed E-state index contributed by atoms with van der Waals surface area (Å²) in [6.07, 6.45) is 0.488. The molecule has 0 unspecified atom stereocenters. The molecule has 244 valence electrons. The Morgan fingerprint density at radius 1 is 0.812 bits per heavy atom. The molecule has 0 atom stereocenters. The number of non-ortho nitro benzene ring substituents is 2. The van der Waals surface area contributed by atoms with Gasteiger partial charge < -0.3 is 29.3 Å². The van der Waals surface area contributed by atoms with Crippen LogP contribution in [0.1, 0.15) is 40.1 Å². The maximum atomic E-state index is 11.7. The average molecular weight is 655 g/mol. The molecule has 0 aliphatic rings. The molecule has 6 aromatic rings. The number of fused-ring (bicyclic) bond motifs is 2. The summed E-state index contributed by atoms with van der Waals surface area (Å²) >= 11 is 0. The van der Waals surface area contributed by atoms with E-state index >= 15 is 0 Å². The molecule has 0 amide bonds. The Balaban J connectivity index is 0.000000188. The van der Waals surface area contributed by atoms with E-state index in [9.17, 15) is 34.9 Å². The van der Waals surface area contributed by atoms with E-state index in [1.54, 1.807) is 55.5 Å². The average Bonchev–Trinajstić information content (AvgIpc) is 3.67. The number of carbonyl (C=O) groups excluding carboxylic acids is 1. The van der Waals surface area contributed by atoms with Gasteiger partial charge in [0.05, 0.1) is 27.6 Å². The van der Waals surface area contributed by atoms with Crippen molar-refractivity contribution in [1.82, 2.24) is 9.97 Å². The van der Waals surface area contributed by atoms with Crippen molar-refractivity contribution in [3.05, 3.63) is 116 Å². The number of carboxylic acid groups (broad SMARTS) is 1. The van der Waals surface area contributed by atoms with Crippen LogP contribution in [0.4, 0.5) is 34.8 Å². The van der Waals surface area contributed by atoms with Crippen molar-refractivity contribution in [3.63, 3.8) is 0 Å². The highest BCUT2D eigenvalue weighted by Gasteiger charge is 2.17. The number of ether oxygens (including phenoxy) is 1. The molecule has 4 aromatic carbocycles. The molecule has 0 aliphatic carbocycles. The van der Waals surface area contributed by atoms with Gasteiger partial charge in [-0.05, 0) is 61.4 Å². The van der Waals surface area contributed by atoms with Gasteiger partial charge in [0.25, 0.3) is 23.4 Å². The van der Waals surface area contributed by atoms with Gasteiger partial charge in [0.1, 0.15) is 11.0 Å². The van der Waals surface area contributed by atoms with Gasteiger partial charge in [-0.3, -0.25) is 20.2 Å². The molecule has 16 nitrogen and oxygen atoms in total. The number of esters is 1. The number of nitro benzene ring substituents is 2. The van der Waals surface area contributed by atoms with E-state index in [0.29, 0.717) is 51.1 Å². The van der Waals surface area contributed by atoms with E-state index < -0.39 is 21.8 Å². The lowest BCUT2D eigenvalue weighted by Gasteiger charge is -2.02. The van der Waals surface area contributed by atoms with E-state index in [2.05, 4.69) is 20.6 Å². The molecule has 0 saturated heterocycles. The third-order valence-corrected chi connectivity index (χ3v) is 6.76. The standard InChI is InChI=1S/2C16H13N3O5/c1-2-23-15(20)10-6-7-14-13(8-10)18-16(24-14)17-11-4-3-5-12(9-11)19(21)22;1-2-11-12(15(20)21)6-7-13-14(11)18-16(24-13)17-9-4-3-5-10(8-9)19(22)23/h3-9H,2H2,1H3,(H,17,18);3-8H,2H2,1H3,(H,17,18)(H,20,21). The van der Waals surface area contributed by atoms with Crippen molar-refractivity contribution >= 4 is 68.9 Å². The molecule has 16 heteroatoms. The van der Waals surface area contributed by atoms with Crippen molar-refractivity contribution < 1.29 is 38.1 Å². The lowest BCUT2D eigenvalue weighted by atomic mass is 10.0. The largest absolute Gasteiger partial charge is 0.478 e. The molecule has 0 radical (unpaired) electrons. The number of hydrogen-bond donors (Lipinski definition) is 3. The summed E-state index contributed by atoms with van der Waals surface area (Å²) in [5, 5.41) is 36.6. The van der Waals surface area contributed by atoms with Crippen LogP contribution in [0.2, 0.25) is 0 Å². The predicted molar refractivity (Wildman–Crippen MR) is 173 cm³/mol. The van der Waals surface area contributed by atoms with Gasteiger partial charge >= 0.3 is 11.9 Å². The molecule has 2 heterocycles. The SMILES string of the molecule is CCOC(=O)c1ccc2oc(Nc3cccc([N+](=O)[O-])c3)nc2c1.CCc1c(C(=O)O)ccc2oc(Nc3cccc([N+](=O)[O-])c3)nc12. The molecule has 0 fully saturated rings. The quantitative estimate of drug-likeness (QED) is 0.0743. The van der Waals surface area contributed by atoms with Crippen molar-refractivity contribution in [2.24, 2.45) is 0 Å². The van der Waals surface area contributed by atoms with Crippen LogP contribution in [-0.4, -0.2) is 43.5 Å². The number of aromatic nitrogens is 2. The number of nitrogens with one attached hydrogen (secondary N) is 2. The minimum absolute atomic E-state index is 0.0410. The fraction of sp³-hybridized carbons (Fsp3) is 0.125. The van der Waals surface area contributed by atoms with Crippen molar-refractivity contribution in [2.45, 2.75) is 20.3 Å². The molecular formula is C32H26N6O10. The van der Waals surface area contributed by atoms with E-state index in [-0.39, 0.29) is 35.6 Å². The maximum Gasteiger partial charge on any atom is 0.338 e. The van der Waals surface area contributed by atoms with Crippen LogP contribution < -0.4 is 10.6 Å². The van der Waals surface area contributed by atoms with E-state index in [1.165, 1.54) is 30.3 Å². The number of nitro groups is 2. The van der Waals surface area contributed by atoms with Crippen molar-refractivity contribution in [1.29, 1.82) is 0 Å². The van der Waals surface area contributed by atoms with Crippen LogP contribution in [0.3, 0.4) is 0 Å². The first-order chi connectivity index (χ1) is 23.1. The first kappa shape index (κ1) is 32.6. The second-order valence-electron chi connectivity index (χ2n) is 9.90. The number of hydrogen-bond acceptors (Lipinski definition) is 13. The maximum absolute atomic E-state index is 11.7. The third kappa shape index (κ3) is 7.34. The normalized spacial score (nSPS) is 10.6. The molecule has 0 aliphatic heterocycles. The van der Waals surface area contributed by atoms with E-state index in [0.717, 1.165) is 0 Å². The van der Waals surface area contributed by atoms with Crippen LogP contribution >= 0.6 is 0 Å². The molecule has 0 bridgehead atoms. The van der Waals surface area contributed by atoms with Gasteiger partial charge in [-0.2, -0.15) is 9.97 Å². The number of anilines is 4. The molecule has 3 N–H and O–H groups in total. The van der Waals surface area contributed by atoms with Crippen LogP contribution in [0, 0.1) is 20.2 Å². The second kappa shape index (κ2) is 14.1. The van der Waals surface area contributed by atoms with E-state index in [1.807, 2.05) is 6.92 Å². The Hall–Kier alpha value is -6.84. The summed E-state index contributed by atoms with van der Waals surface area (Å²) < 4.78 is 16.0. The van der Waals surface area contributed by atoms with Crippen LogP contribution in [0.5, 0.6) is 0 Å². The zero-order chi connectivity index (χ0) is 34.4. The molecule has 48 heavy (non-hydrogen) atoms. The number of rotatable bonds is 10. The molecule has 6 rings (SSSR count). The molecule has 2 aromatic heterocycles. The Morgan fingerprint density at radius 3 is 1.96 bits per heavy atom. The number of aromatic carboxylic acids is 1. The monoisotopic (exact) mass is 654 g/mol. The van der Waals surface area contributed by atoms with Gasteiger partial charge in [0, 0.05) is 35.6 Å². The zero-order valence-corrected chi connectivity index (χ0v) is 25.3.